The highest BCUT2D eigenvalue weighted by molar-refractivity contribution is 6.30. The Morgan fingerprint density at radius 1 is 1.35 bits per heavy atom. The Labute approximate surface area is 122 Å². The van der Waals surface area contributed by atoms with Crippen LogP contribution in [0.2, 0.25) is 5.02 Å². The molecule has 0 aliphatic heterocycles. The third-order valence-corrected chi connectivity index (χ3v) is 3.50. The van der Waals surface area contributed by atoms with Gasteiger partial charge in [0.15, 0.2) is 0 Å². The van der Waals surface area contributed by atoms with Crippen molar-refractivity contribution in [3.8, 4) is 0 Å². The average molecular weight is 291 g/mol. The molecule has 0 aliphatic rings. The fourth-order valence-corrected chi connectivity index (χ4v) is 2.22. The van der Waals surface area contributed by atoms with Crippen LogP contribution >= 0.6 is 11.6 Å². The Morgan fingerprint density at radius 2 is 2.10 bits per heavy atom. The van der Waals surface area contributed by atoms with E-state index in [0.717, 1.165) is 5.56 Å². The maximum Gasteiger partial charge on any atom is 0.339 e. The summed E-state index contributed by atoms with van der Waals surface area (Å²) in [5, 5.41) is 9.88. The highest BCUT2D eigenvalue weighted by Crippen LogP contribution is 2.27. The number of benzene rings is 1. The Bertz CT molecular complexity index is 631. The summed E-state index contributed by atoms with van der Waals surface area (Å²) in [6.07, 6.45) is 1.59. The molecule has 4 nitrogen and oxygen atoms in total. The van der Waals surface area contributed by atoms with Crippen LogP contribution in [-0.2, 0) is 0 Å². The van der Waals surface area contributed by atoms with Crippen molar-refractivity contribution in [2.45, 2.75) is 13.0 Å². The molecular formula is C15H15ClN2O2. The maximum atomic E-state index is 11.3. The summed E-state index contributed by atoms with van der Waals surface area (Å²) in [7, 11) is 1.82. The minimum absolute atomic E-state index is 0.0401. The van der Waals surface area contributed by atoms with Gasteiger partial charge in [-0.3, -0.25) is 0 Å². The van der Waals surface area contributed by atoms with Crippen molar-refractivity contribution in [1.82, 2.24) is 4.98 Å². The molecule has 0 saturated carbocycles. The highest BCUT2D eigenvalue weighted by Gasteiger charge is 2.19. The number of carbonyl (C=O) groups is 1. The van der Waals surface area contributed by atoms with Crippen molar-refractivity contribution in [2.24, 2.45) is 0 Å². The van der Waals surface area contributed by atoms with Crippen LogP contribution in [0.3, 0.4) is 0 Å². The number of aromatic nitrogens is 1. The van der Waals surface area contributed by atoms with Crippen LogP contribution < -0.4 is 4.90 Å². The van der Waals surface area contributed by atoms with Gasteiger partial charge in [0.1, 0.15) is 11.4 Å². The third kappa shape index (κ3) is 2.91. The monoisotopic (exact) mass is 290 g/mol. The molecule has 0 fully saturated rings. The van der Waals surface area contributed by atoms with Crippen molar-refractivity contribution in [3.05, 3.63) is 58.7 Å². The van der Waals surface area contributed by atoms with Gasteiger partial charge in [0.2, 0.25) is 0 Å². The van der Waals surface area contributed by atoms with Gasteiger partial charge in [-0.25, -0.2) is 9.78 Å². The number of aromatic carboxylic acids is 1. The van der Waals surface area contributed by atoms with E-state index in [2.05, 4.69) is 4.98 Å². The van der Waals surface area contributed by atoms with Crippen LogP contribution in [-0.4, -0.2) is 23.1 Å². The molecule has 2 aromatic rings. The van der Waals surface area contributed by atoms with Crippen LogP contribution in [0.25, 0.3) is 0 Å². The van der Waals surface area contributed by atoms with Gasteiger partial charge in [-0.05, 0) is 36.8 Å². The first-order chi connectivity index (χ1) is 9.50. The second-order valence-corrected chi connectivity index (χ2v) is 4.96. The minimum Gasteiger partial charge on any atom is -0.478 e. The zero-order valence-electron chi connectivity index (χ0n) is 11.2. The SMILES string of the molecule is CC(c1cccc(Cl)c1)N(C)c1ncccc1C(=O)O. The lowest BCUT2D eigenvalue weighted by molar-refractivity contribution is 0.0697. The Balaban J connectivity index is 2.36. The molecule has 0 aliphatic carbocycles. The van der Waals surface area contributed by atoms with E-state index in [0.29, 0.717) is 10.8 Å². The van der Waals surface area contributed by atoms with Crippen LogP contribution in [0.15, 0.2) is 42.6 Å². The van der Waals surface area contributed by atoms with Gasteiger partial charge in [0.05, 0.1) is 6.04 Å². The van der Waals surface area contributed by atoms with E-state index in [-0.39, 0.29) is 11.6 Å². The smallest absolute Gasteiger partial charge is 0.339 e. The lowest BCUT2D eigenvalue weighted by Crippen LogP contribution is -2.24. The van der Waals surface area contributed by atoms with Crippen molar-refractivity contribution in [2.75, 3.05) is 11.9 Å². The molecule has 2 rings (SSSR count). The fourth-order valence-electron chi connectivity index (χ4n) is 2.02. The van der Waals surface area contributed by atoms with Gasteiger partial charge in [0, 0.05) is 18.3 Å². The van der Waals surface area contributed by atoms with E-state index in [1.807, 2.05) is 37.1 Å². The summed E-state index contributed by atoms with van der Waals surface area (Å²) in [6.45, 7) is 1.98. The molecule has 20 heavy (non-hydrogen) atoms. The zero-order chi connectivity index (χ0) is 14.7. The van der Waals surface area contributed by atoms with Crippen LogP contribution in [0.1, 0.15) is 28.9 Å². The molecule has 0 radical (unpaired) electrons. The fraction of sp³-hybridized carbons (Fsp3) is 0.200. The molecule has 0 spiro atoms. The predicted molar refractivity (Wildman–Crippen MR) is 79.5 cm³/mol. The molecule has 1 aromatic heterocycles. The molecule has 1 aromatic carbocycles. The van der Waals surface area contributed by atoms with E-state index >= 15 is 0 Å². The first-order valence-corrected chi connectivity index (χ1v) is 6.55. The van der Waals surface area contributed by atoms with Crippen molar-refractivity contribution < 1.29 is 9.90 Å². The molecule has 5 heteroatoms. The first kappa shape index (κ1) is 14.3. The molecule has 104 valence electrons. The summed E-state index contributed by atoms with van der Waals surface area (Å²) in [4.78, 5) is 17.3. The molecule has 0 amide bonds. The maximum absolute atomic E-state index is 11.3. The topological polar surface area (TPSA) is 53.4 Å². The molecule has 0 saturated heterocycles. The van der Waals surface area contributed by atoms with Gasteiger partial charge in [-0.1, -0.05) is 23.7 Å². The molecular weight excluding hydrogens is 276 g/mol. The predicted octanol–water partition coefficient (Wildman–Crippen LogP) is 3.63. The zero-order valence-corrected chi connectivity index (χ0v) is 12.0. The lowest BCUT2D eigenvalue weighted by Gasteiger charge is -2.27. The Hall–Kier alpha value is -2.07. The number of hydrogen-bond donors (Lipinski definition) is 1. The summed E-state index contributed by atoms with van der Waals surface area (Å²) in [5.74, 6) is -0.550. The second kappa shape index (κ2) is 5.92. The molecule has 1 atom stereocenters. The van der Waals surface area contributed by atoms with Gasteiger partial charge in [0.25, 0.3) is 0 Å². The minimum atomic E-state index is -0.988. The van der Waals surface area contributed by atoms with E-state index in [9.17, 15) is 9.90 Å². The van der Waals surface area contributed by atoms with Gasteiger partial charge in [-0.15, -0.1) is 0 Å². The Morgan fingerprint density at radius 3 is 2.75 bits per heavy atom. The molecule has 1 unspecified atom stereocenters. The summed E-state index contributed by atoms with van der Waals surface area (Å²) in [5.41, 5.74) is 1.19. The number of carboxylic acid groups (broad SMARTS) is 1. The van der Waals surface area contributed by atoms with Crippen LogP contribution in [0.4, 0.5) is 5.82 Å². The standard InChI is InChI=1S/C15H15ClN2O2/c1-10(11-5-3-6-12(16)9-11)18(2)14-13(15(19)20)7-4-8-17-14/h3-10H,1-2H3,(H,19,20). The van der Waals surface area contributed by atoms with Crippen LogP contribution in [0, 0.1) is 0 Å². The van der Waals surface area contributed by atoms with Crippen LogP contribution in [0.5, 0.6) is 0 Å². The summed E-state index contributed by atoms with van der Waals surface area (Å²) in [6, 6.07) is 10.6. The van der Waals surface area contributed by atoms with Gasteiger partial charge < -0.3 is 10.0 Å². The number of pyridine rings is 1. The quantitative estimate of drug-likeness (QED) is 0.934. The number of nitrogens with zero attached hydrogens (tertiary/aromatic N) is 2. The molecule has 1 N–H and O–H groups in total. The third-order valence-electron chi connectivity index (χ3n) is 3.26. The number of carboxylic acids is 1. The molecule has 0 bridgehead atoms. The number of rotatable bonds is 4. The van der Waals surface area contributed by atoms with Crippen molar-refractivity contribution >= 4 is 23.4 Å². The normalized spacial score (nSPS) is 11.9. The largest absolute Gasteiger partial charge is 0.478 e. The second-order valence-electron chi connectivity index (χ2n) is 4.52. The van der Waals surface area contributed by atoms with E-state index in [1.165, 1.54) is 0 Å². The van der Waals surface area contributed by atoms with Crippen molar-refractivity contribution in [3.63, 3.8) is 0 Å². The van der Waals surface area contributed by atoms with E-state index in [4.69, 9.17) is 11.6 Å². The van der Waals surface area contributed by atoms with Gasteiger partial charge in [-0.2, -0.15) is 0 Å². The summed E-state index contributed by atoms with van der Waals surface area (Å²) >= 11 is 5.99. The first-order valence-electron chi connectivity index (χ1n) is 6.17. The Kier molecular flexibility index (Phi) is 4.25. The number of hydrogen-bond acceptors (Lipinski definition) is 3. The number of halogens is 1. The van der Waals surface area contributed by atoms with E-state index in [1.54, 1.807) is 24.4 Å². The summed E-state index contributed by atoms with van der Waals surface area (Å²) < 4.78 is 0. The van der Waals surface area contributed by atoms with Gasteiger partial charge >= 0.3 is 5.97 Å². The van der Waals surface area contributed by atoms with E-state index < -0.39 is 5.97 Å². The molecule has 1 heterocycles. The highest BCUT2D eigenvalue weighted by atomic mass is 35.5. The number of anilines is 1. The lowest BCUT2D eigenvalue weighted by atomic mass is 10.1. The average Bonchev–Trinajstić information content (AvgIpc) is 2.45. The van der Waals surface area contributed by atoms with Crippen molar-refractivity contribution in [1.29, 1.82) is 0 Å².